The second-order valence-electron chi connectivity index (χ2n) is 7.43. The molecule has 0 radical (unpaired) electrons. The molecule has 0 aromatic heterocycles. The summed E-state index contributed by atoms with van der Waals surface area (Å²) in [6, 6.07) is 23.8. The molecule has 0 fully saturated rings. The summed E-state index contributed by atoms with van der Waals surface area (Å²) in [5, 5.41) is 0.196. The van der Waals surface area contributed by atoms with Crippen LogP contribution in [-0.4, -0.2) is 30.8 Å². The average Bonchev–Trinajstić information content (AvgIpc) is 2.85. The molecule has 0 saturated carbocycles. The van der Waals surface area contributed by atoms with E-state index in [4.69, 9.17) is 17.8 Å². The van der Waals surface area contributed by atoms with E-state index in [0.29, 0.717) is 12.4 Å². The zero-order valence-corrected chi connectivity index (χ0v) is 20.8. The average molecular weight is 487 g/mol. The van der Waals surface area contributed by atoms with Crippen LogP contribution in [0.5, 0.6) is 17.2 Å². The lowest BCUT2D eigenvalue weighted by Gasteiger charge is -2.18. The largest absolute Gasteiger partial charge is 0.497 e. The Labute approximate surface area is 203 Å². The van der Waals surface area contributed by atoms with E-state index in [1.54, 1.807) is 26.4 Å². The third kappa shape index (κ3) is 8.11. The third-order valence-corrected chi connectivity index (χ3v) is 7.11. The normalized spacial score (nSPS) is 11.9. The number of thioether (sulfide) groups is 1. The minimum absolute atomic E-state index is 0.196. The van der Waals surface area contributed by atoms with Gasteiger partial charge in [0.1, 0.15) is 17.2 Å². The number of rotatable bonds is 13. The van der Waals surface area contributed by atoms with Crippen LogP contribution in [0.3, 0.4) is 0 Å². The lowest BCUT2D eigenvalue weighted by Crippen LogP contribution is -2.06. The second-order valence-corrected chi connectivity index (χ2v) is 9.45. The van der Waals surface area contributed by atoms with Crippen LogP contribution in [0.15, 0.2) is 72.8 Å². The summed E-state index contributed by atoms with van der Waals surface area (Å²) < 4.78 is 33.2. The fourth-order valence-corrected chi connectivity index (χ4v) is 5.05. The Morgan fingerprint density at radius 3 is 1.79 bits per heavy atom. The molecule has 5 nitrogen and oxygen atoms in total. The van der Waals surface area contributed by atoms with Gasteiger partial charge in [0.25, 0.3) is 0 Å². The summed E-state index contributed by atoms with van der Waals surface area (Å²) in [5.74, 6) is 3.17. The van der Waals surface area contributed by atoms with Crippen LogP contribution in [0.25, 0.3) is 0 Å². The fraction of sp³-hybridized carbons (Fsp3) is 0.308. The molecule has 7 heteroatoms. The molecule has 3 rings (SSSR count). The van der Waals surface area contributed by atoms with E-state index >= 15 is 0 Å². The highest BCUT2D eigenvalue weighted by atomic mass is 32.2. The van der Waals surface area contributed by atoms with E-state index in [1.165, 1.54) is 11.1 Å². The highest BCUT2D eigenvalue weighted by Gasteiger charge is 2.15. The van der Waals surface area contributed by atoms with Crippen LogP contribution < -0.4 is 13.7 Å². The molecule has 0 heterocycles. The molecule has 176 valence electrons. The van der Waals surface area contributed by atoms with Crippen molar-refractivity contribution < 1.29 is 22.0 Å². The molecule has 1 unspecified atom stereocenters. The highest BCUT2D eigenvalue weighted by molar-refractivity contribution is 7.99. The van der Waals surface area contributed by atoms with Crippen LogP contribution in [0.1, 0.15) is 34.8 Å². The molecular formula is C26H30O5S2. The summed E-state index contributed by atoms with van der Waals surface area (Å²) in [7, 11) is 3.34. The standard InChI is InChI=1S/C26H30O5S2/c1-20-6-12-25(13-7-20)31-33(27)30-18-4-5-19-32-26(21-8-14-23(28-2)15-9-21)22-10-16-24(29-3)17-11-22/h6-17,26H,4-5,18-19H2,1-3H3. The predicted octanol–water partition coefficient (Wildman–Crippen LogP) is 6.29. The lowest BCUT2D eigenvalue weighted by molar-refractivity contribution is 0.304. The Morgan fingerprint density at radius 1 is 0.758 bits per heavy atom. The predicted molar refractivity (Wildman–Crippen MR) is 135 cm³/mol. The minimum atomic E-state index is -1.79. The molecule has 0 aliphatic rings. The monoisotopic (exact) mass is 486 g/mol. The number of benzene rings is 3. The van der Waals surface area contributed by atoms with Gasteiger partial charge in [-0.05, 0) is 73.0 Å². The van der Waals surface area contributed by atoms with Crippen LogP contribution >= 0.6 is 11.8 Å². The first kappa shape index (κ1) is 25.1. The van der Waals surface area contributed by atoms with Crippen LogP contribution in [0.2, 0.25) is 0 Å². The molecule has 3 aromatic rings. The van der Waals surface area contributed by atoms with E-state index in [9.17, 15) is 4.21 Å². The van der Waals surface area contributed by atoms with Crippen molar-refractivity contribution in [3.8, 4) is 17.2 Å². The zero-order valence-electron chi connectivity index (χ0n) is 19.2. The van der Waals surface area contributed by atoms with Gasteiger partial charge in [-0.25, -0.2) is 0 Å². The molecule has 33 heavy (non-hydrogen) atoms. The van der Waals surface area contributed by atoms with Crippen molar-refractivity contribution in [2.45, 2.75) is 25.0 Å². The maximum Gasteiger partial charge on any atom is 0.360 e. The number of hydrogen-bond acceptors (Lipinski definition) is 6. The number of methoxy groups -OCH3 is 2. The van der Waals surface area contributed by atoms with Gasteiger partial charge in [0.15, 0.2) is 0 Å². The van der Waals surface area contributed by atoms with Gasteiger partial charge in [0, 0.05) is 0 Å². The van der Waals surface area contributed by atoms with Gasteiger partial charge in [-0.2, -0.15) is 4.21 Å². The maximum atomic E-state index is 12.0. The number of ether oxygens (including phenoxy) is 2. The van der Waals surface area contributed by atoms with E-state index in [1.807, 2.05) is 55.1 Å². The number of aryl methyl sites for hydroxylation is 1. The third-order valence-electron chi connectivity index (χ3n) is 5.03. The summed E-state index contributed by atoms with van der Waals surface area (Å²) in [6.45, 7) is 2.37. The van der Waals surface area contributed by atoms with Gasteiger partial charge in [0.2, 0.25) is 0 Å². The Balaban J connectivity index is 1.48. The van der Waals surface area contributed by atoms with Crippen molar-refractivity contribution in [1.29, 1.82) is 0 Å². The molecule has 0 saturated heterocycles. The van der Waals surface area contributed by atoms with Crippen LogP contribution in [0, 0.1) is 6.92 Å². The van der Waals surface area contributed by atoms with Gasteiger partial charge < -0.3 is 13.7 Å². The first-order chi connectivity index (χ1) is 16.1. The quantitative estimate of drug-likeness (QED) is 0.265. The number of hydrogen-bond donors (Lipinski definition) is 0. The van der Waals surface area contributed by atoms with Crippen molar-refractivity contribution in [2.75, 3.05) is 26.6 Å². The van der Waals surface area contributed by atoms with E-state index < -0.39 is 11.4 Å². The molecular weight excluding hydrogens is 456 g/mol. The van der Waals surface area contributed by atoms with Crippen LogP contribution in [0.4, 0.5) is 0 Å². The SMILES string of the molecule is COc1ccc(C(SCCCCOS(=O)Oc2ccc(C)cc2)c2ccc(OC)cc2)cc1. The van der Waals surface area contributed by atoms with Gasteiger partial charge in [-0.3, -0.25) is 4.18 Å². The van der Waals surface area contributed by atoms with Crippen molar-refractivity contribution in [3.63, 3.8) is 0 Å². The molecule has 0 bridgehead atoms. The van der Waals surface area contributed by atoms with Gasteiger partial charge in [-0.1, -0.05) is 42.0 Å². The summed E-state index contributed by atoms with van der Waals surface area (Å²) >= 11 is 0.0849. The summed E-state index contributed by atoms with van der Waals surface area (Å²) in [6.07, 6.45) is 1.74. The molecule has 0 aliphatic heterocycles. The van der Waals surface area contributed by atoms with Gasteiger partial charge in [-0.15, -0.1) is 11.8 Å². The second kappa shape index (κ2) is 13.3. The Morgan fingerprint density at radius 2 is 1.27 bits per heavy atom. The maximum absolute atomic E-state index is 12.0. The zero-order chi connectivity index (χ0) is 23.5. The molecule has 0 N–H and O–H groups in total. The van der Waals surface area contributed by atoms with Crippen molar-refractivity contribution in [3.05, 3.63) is 89.5 Å². The molecule has 3 aromatic carbocycles. The lowest BCUT2D eigenvalue weighted by atomic mass is 10.0. The molecule has 0 amide bonds. The van der Waals surface area contributed by atoms with Crippen LogP contribution in [-0.2, 0) is 15.5 Å². The van der Waals surface area contributed by atoms with E-state index in [0.717, 1.165) is 35.7 Å². The number of unbranched alkanes of at least 4 members (excludes halogenated alkanes) is 1. The molecule has 0 aliphatic carbocycles. The molecule has 1 atom stereocenters. The van der Waals surface area contributed by atoms with E-state index in [2.05, 4.69) is 24.3 Å². The minimum Gasteiger partial charge on any atom is -0.497 e. The Kier molecular flexibility index (Phi) is 10.1. The van der Waals surface area contributed by atoms with Gasteiger partial charge >= 0.3 is 11.4 Å². The highest BCUT2D eigenvalue weighted by Crippen LogP contribution is 2.37. The van der Waals surface area contributed by atoms with E-state index in [-0.39, 0.29) is 5.25 Å². The van der Waals surface area contributed by atoms with Crippen molar-refractivity contribution in [2.24, 2.45) is 0 Å². The first-order valence-electron chi connectivity index (χ1n) is 10.8. The first-order valence-corrected chi connectivity index (χ1v) is 12.8. The summed E-state index contributed by atoms with van der Waals surface area (Å²) in [5.41, 5.74) is 3.55. The van der Waals surface area contributed by atoms with Crippen molar-refractivity contribution >= 4 is 23.1 Å². The van der Waals surface area contributed by atoms with Gasteiger partial charge in [0.05, 0.1) is 26.1 Å². The molecule has 0 spiro atoms. The van der Waals surface area contributed by atoms with Crippen molar-refractivity contribution in [1.82, 2.24) is 0 Å². The Hall–Kier alpha value is -2.48. The Bertz CT molecular complexity index is 941. The smallest absolute Gasteiger partial charge is 0.360 e. The fourth-order valence-electron chi connectivity index (χ4n) is 3.17. The summed E-state index contributed by atoms with van der Waals surface area (Å²) in [4.78, 5) is 0. The topological polar surface area (TPSA) is 54.0 Å².